The highest BCUT2D eigenvalue weighted by atomic mass is 16.6. The Labute approximate surface area is 140 Å². The molecule has 6 nitrogen and oxygen atoms in total. The molecule has 0 aliphatic carbocycles. The predicted octanol–water partition coefficient (Wildman–Crippen LogP) is 3.47. The van der Waals surface area contributed by atoms with Crippen molar-refractivity contribution in [3.63, 3.8) is 0 Å². The molecular weight excluding hydrogens is 306 g/mol. The highest BCUT2D eigenvalue weighted by molar-refractivity contribution is 6.06. The number of carbonyl (C=O) groups is 1. The maximum atomic E-state index is 12.6. The molecule has 0 unspecified atom stereocenters. The number of benzene rings is 2. The fourth-order valence-corrected chi connectivity index (χ4v) is 2.93. The van der Waals surface area contributed by atoms with Gasteiger partial charge >= 0.3 is 0 Å². The molecule has 0 spiro atoms. The van der Waals surface area contributed by atoms with Crippen LogP contribution in [0.15, 0.2) is 48.5 Å². The molecule has 0 N–H and O–H groups in total. The molecule has 1 heterocycles. The number of nitrogens with zero attached hydrogens (tertiary/aromatic N) is 3. The minimum absolute atomic E-state index is 0.0846. The highest BCUT2D eigenvalue weighted by Crippen LogP contribution is 2.24. The van der Waals surface area contributed by atoms with E-state index in [2.05, 4.69) is 4.90 Å². The van der Waals surface area contributed by atoms with E-state index in [0.29, 0.717) is 5.56 Å². The molecule has 124 valence electrons. The minimum Gasteiger partial charge on any atom is -0.372 e. The topological polar surface area (TPSA) is 66.7 Å². The Morgan fingerprint density at radius 3 is 2.42 bits per heavy atom. The lowest BCUT2D eigenvalue weighted by Crippen LogP contribution is -2.26. The van der Waals surface area contributed by atoms with Crippen molar-refractivity contribution in [3.05, 3.63) is 64.2 Å². The number of anilines is 2. The summed E-state index contributed by atoms with van der Waals surface area (Å²) in [7, 11) is 1.67. The Kier molecular flexibility index (Phi) is 4.46. The van der Waals surface area contributed by atoms with Crippen LogP contribution in [0.4, 0.5) is 17.1 Å². The van der Waals surface area contributed by atoms with Gasteiger partial charge < -0.3 is 9.80 Å². The monoisotopic (exact) mass is 325 g/mol. The van der Waals surface area contributed by atoms with Crippen LogP contribution < -0.4 is 9.80 Å². The lowest BCUT2D eigenvalue weighted by Gasteiger charge is -2.21. The van der Waals surface area contributed by atoms with Crippen molar-refractivity contribution < 1.29 is 9.72 Å². The van der Waals surface area contributed by atoms with Gasteiger partial charge in [-0.3, -0.25) is 14.9 Å². The molecule has 24 heavy (non-hydrogen) atoms. The molecule has 3 rings (SSSR count). The first-order chi connectivity index (χ1) is 11.6. The summed E-state index contributed by atoms with van der Waals surface area (Å²) in [5.74, 6) is -0.271. The third kappa shape index (κ3) is 3.22. The largest absolute Gasteiger partial charge is 0.372 e. The van der Waals surface area contributed by atoms with Crippen LogP contribution in [-0.4, -0.2) is 31.0 Å². The Bertz CT molecular complexity index is 752. The van der Waals surface area contributed by atoms with E-state index in [-0.39, 0.29) is 11.6 Å². The third-order valence-electron chi connectivity index (χ3n) is 4.32. The number of non-ortho nitro benzene ring substituents is 1. The van der Waals surface area contributed by atoms with Gasteiger partial charge in [-0.15, -0.1) is 0 Å². The first-order valence-corrected chi connectivity index (χ1v) is 7.94. The zero-order valence-corrected chi connectivity index (χ0v) is 13.5. The van der Waals surface area contributed by atoms with Crippen LogP contribution >= 0.6 is 0 Å². The SMILES string of the molecule is CN(C(=O)c1cccc([N+](=O)[O-])c1)c1ccc(N2CCCC2)cc1. The average Bonchev–Trinajstić information content (AvgIpc) is 3.15. The number of hydrogen-bond donors (Lipinski definition) is 0. The summed E-state index contributed by atoms with van der Waals surface area (Å²) in [6, 6.07) is 13.6. The average molecular weight is 325 g/mol. The quantitative estimate of drug-likeness (QED) is 0.637. The number of carbonyl (C=O) groups excluding carboxylic acids is 1. The highest BCUT2D eigenvalue weighted by Gasteiger charge is 2.17. The van der Waals surface area contributed by atoms with E-state index in [1.54, 1.807) is 13.1 Å². The van der Waals surface area contributed by atoms with E-state index in [4.69, 9.17) is 0 Å². The van der Waals surface area contributed by atoms with Crippen LogP contribution in [-0.2, 0) is 0 Å². The Hall–Kier alpha value is -2.89. The second kappa shape index (κ2) is 6.70. The minimum atomic E-state index is -0.498. The maximum Gasteiger partial charge on any atom is 0.270 e. The summed E-state index contributed by atoms with van der Waals surface area (Å²) in [4.78, 5) is 26.7. The van der Waals surface area contributed by atoms with Gasteiger partial charge in [-0.25, -0.2) is 0 Å². The zero-order valence-electron chi connectivity index (χ0n) is 13.5. The Morgan fingerprint density at radius 1 is 1.12 bits per heavy atom. The maximum absolute atomic E-state index is 12.6. The molecular formula is C18H19N3O3. The summed E-state index contributed by atoms with van der Waals surface area (Å²) in [5, 5.41) is 10.9. The second-order valence-corrected chi connectivity index (χ2v) is 5.88. The summed E-state index contributed by atoms with van der Waals surface area (Å²) in [6.07, 6.45) is 2.43. The van der Waals surface area contributed by atoms with Crippen molar-refractivity contribution in [3.8, 4) is 0 Å². The van der Waals surface area contributed by atoms with Gasteiger partial charge in [0.05, 0.1) is 4.92 Å². The molecule has 1 amide bonds. The van der Waals surface area contributed by atoms with E-state index < -0.39 is 4.92 Å². The van der Waals surface area contributed by atoms with Gasteiger partial charge in [0.1, 0.15) is 0 Å². The van der Waals surface area contributed by atoms with Gasteiger partial charge in [-0.1, -0.05) is 6.07 Å². The lowest BCUT2D eigenvalue weighted by atomic mass is 10.1. The number of rotatable bonds is 4. The summed E-state index contributed by atoms with van der Waals surface area (Å²) in [6.45, 7) is 2.14. The molecule has 1 aliphatic rings. The van der Waals surface area contributed by atoms with Crippen LogP contribution in [0.1, 0.15) is 23.2 Å². The zero-order chi connectivity index (χ0) is 17.1. The molecule has 2 aromatic rings. The van der Waals surface area contributed by atoms with Crippen molar-refractivity contribution in [2.75, 3.05) is 29.9 Å². The summed E-state index contributed by atoms with van der Waals surface area (Å²) < 4.78 is 0. The van der Waals surface area contributed by atoms with Crippen LogP contribution in [0.25, 0.3) is 0 Å². The van der Waals surface area contributed by atoms with Gasteiger partial charge in [0.2, 0.25) is 0 Å². The second-order valence-electron chi connectivity index (χ2n) is 5.88. The molecule has 6 heteroatoms. The van der Waals surface area contributed by atoms with E-state index in [1.807, 2.05) is 24.3 Å². The fourth-order valence-electron chi connectivity index (χ4n) is 2.93. The normalized spacial score (nSPS) is 13.8. The fraction of sp³-hybridized carbons (Fsp3) is 0.278. The van der Waals surface area contributed by atoms with Crippen LogP contribution in [0, 0.1) is 10.1 Å². The Morgan fingerprint density at radius 2 is 1.79 bits per heavy atom. The van der Waals surface area contributed by atoms with Gasteiger partial charge in [0.15, 0.2) is 0 Å². The number of nitro groups is 1. The van der Waals surface area contributed by atoms with Crippen LogP contribution in [0.3, 0.4) is 0 Å². The van der Waals surface area contributed by atoms with Gasteiger partial charge in [-0.2, -0.15) is 0 Å². The van der Waals surface area contributed by atoms with Gasteiger partial charge in [0, 0.05) is 49.2 Å². The molecule has 2 aromatic carbocycles. The smallest absolute Gasteiger partial charge is 0.270 e. The first-order valence-electron chi connectivity index (χ1n) is 7.94. The summed E-state index contributed by atoms with van der Waals surface area (Å²) >= 11 is 0. The molecule has 0 aromatic heterocycles. The molecule has 1 saturated heterocycles. The van der Waals surface area contributed by atoms with Crippen molar-refractivity contribution in [2.24, 2.45) is 0 Å². The molecule has 0 bridgehead atoms. The van der Waals surface area contributed by atoms with E-state index >= 15 is 0 Å². The molecule has 0 atom stereocenters. The lowest BCUT2D eigenvalue weighted by molar-refractivity contribution is -0.384. The van der Waals surface area contributed by atoms with Gasteiger partial charge in [-0.05, 0) is 43.2 Å². The predicted molar refractivity (Wildman–Crippen MR) is 93.7 cm³/mol. The summed E-state index contributed by atoms with van der Waals surface area (Å²) in [5.41, 5.74) is 2.14. The Balaban J connectivity index is 1.77. The van der Waals surface area contributed by atoms with Crippen LogP contribution in [0.5, 0.6) is 0 Å². The molecule has 0 saturated carbocycles. The standard InChI is InChI=1S/C18H19N3O3/c1-19(18(22)14-5-4-6-17(13-14)21(23)24)15-7-9-16(10-8-15)20-11-2-3-12-20/h4-10,13H,2-3,11-12H2,1H3. The molecule has 1 aliphatic heterocycles. The van der Waals surface area contributed by atoms with Crippen LogP contribution in [0.2, 0.25) is 0 Å². The van der Waals surface area contributed by atoms with Crippen molar-refractivity contribution >= 4 is 23.0 Å². The first kappa shape index (κ1) is 16.0. The van der Waals surface area contributed by atoms with Crippen molar-refractivity contribution in [1.29, 1.82) is 0 Å². The van der Waals surface area contributed by atoms with E-state index in [1.165, 1.54) is 35.9 Å². The number of nitro benzene ring substituents is 1. The number of hydrogen-bond acceptors (Lipinski definition) is 4. The molecule has 0 radical (unpaired) electrons. The van der Waals surface area contributed by atoms with Gasteiger partial charge in [0.25, 0.3) is 11.6 Å². The molecule has 1 fully saturated rings. The van der Waals surface area contributed by atoms with Crippen molar-refractivity contribution in [1.82, 2.24) is 0 Å². The van der Waals surface area contributed by atoms with E-state index in [0.717, 1.165) is 24.5 Å². The van der Waals surface area contributed by atoms with E-state index in [9.17, 15) is 14.9 Å². The van der Waals surface area contributed by atoms with Crippen molar-refractivity contribution in [2.45, 2.75) is 12.8 Å². The number of amides is 1. The third-order valence-corrected chi connectivity index (χ3v) is 4.32.